The molecular weight excluding hydrogens is 422 g/mol. The van der Waals surface area contributed by atoms with Crippen LogP contribution in [0, 0.1) is 0 Å². The second kappa shape index (κ2) is 8.15. The molecule has 156 valence electrons. The molecule has 6 nitrogen and oxygen atoms in total. The van der Waals surface area contributed by atoms with E-state index in [-0.39, 0.29) is 12.5 Å². The Morgan fingerprint density at radius 1 is 1.30 bits per heavy atom. The van der Waals surface area contributed by atoms with E-state index in [0.29, 0.717) is 31.0 Å². The van der Waals surface area contributed by atoms with E-state index in [9.17, 15) is 9.90 Å². The molecule has 5 rings (SSSR count). The van der Waals surface area contributed by atoms with Crippen LogP contribution in [0.3, 0.4) is 0 Å². The van der Waals surface area contributed by atoms with Crippen LogP contribution in [0.1, 0.15) is 10.4 Å². The van der Waals surface area contributed by atoms with E-state index in [0.717, 1.165) is 50.6 Å². The number of hydrogen-bond donors (Lipinski definition) is 2. The van der Waals surface area contributed by atoms with Crippen LogP contribution < -0.4 is 10.1 Å². The zero-order valence-electron chi connectivity index (χ0n) is 16.4. The number of aliphatic hydroxyl groups is 1. The van der Waals surface area contributed by atoms with Crippen molar-refractivity contribution in [3.63, 3.8) is 0 Å². The lowest BCUT2D eigenvalue weighted by atomic mass is 10.0. The molecule has 2 N–H and O–H groups in total. The Morgan fingerprint density at radius 2 is 2.13 bits per heavy atom. The summed E-state index contributed by atoms with van der Waals surface area (Å²) >= 11 is 8.08. The average Bonchev–Trinajstić information content (AvgIpc) is 3.37. The molecule has 30 heavy (non-hydrogen) atoms. The summed E-state index contributed by atoms with van der Waals surface area (Å²) in [4.78, 5) is 20.4. The third-order valence-corrected chi connectivity index (χ3v) is 7.05. The standard InChI is InChI=1S/C22H22ClN3O3S/c23-14-9-13-10-19(22(28)26-6-4-24-5-7-26)29-20(13)17(11-14)16-1-3-25-18-12-15(2-8-27)30-21(16)18/h1,3,9,11-12,19,24,27H,2,4-8,10H2. The summed E-state index contributed by atoms with van der Waals surface area (Å²) in [6, 6.07) is 7.78. The molecule has 0 saturated carbocycles. The molecule has 0 radical (unpaired) electrons. The monoisotopic (exact) mass is 443 g/mol. The molecule has 8 heteroatoms. The topological polar surface area (TPSA) is 74.7 Å². The maximum absolute atomic E-state index is 13.0. The molecule has 1 unspecified atom stereocenters. The average molecular weight is 444 g/mol. The molecule has 2 aromatic heterocycles. The van der Waals surface area contributed by atoms with Crippen molar-refractivity contribution >= 4 is 39.1 Å². The summed E-state index contributed by atoms with van der Waals surface area (Å²) in [5.41, 5.74) is 3.73. The molecule has 3 aromatic rings. The van der Waals surface area contributed by atoms with Crippen LogP contribution in [0.15, 0.2) is 30.5 Å². The van der Waals surface area contributed by atoms with E-state index < -0.39 is 6.10 Å². The van der Waals surface area contributed by atoms with Gasteiger partial charge in [-0.3, -0.25) is 9.78 Å². The third kappa shape index (κ3) is 3.56. The molecule has 2 aliphatic heterocycles. The Morgan fingerprint density at radius 3 is 2.93 bits per heavy atom. The fraction of sp³-hybridized carbons (Fsp3) is 0.364. The van der Waals surface area contributed by atoms with Crippen molar-refractivity contribution in [3.05, 3.63) is 45.9 Å². The number of nitrogens with zero attached hydrogens (tertiary/aromatic N) is 2. The number of piperazine rings is 1. The van der Waals surface area contributed by atoms with Gasteiger partial charge in [0.25, 0.3) is 5.91 Å². The van der Waals surface area contributed by atoms with Gasteiger partial charge in [-0.2, -0.15) is 0 Å². The first-order valence-electron chi connectivity index (χ1n) is 10.1. The van der Waals surface area contributed by atoms with E-state index in [4.69, 9.17) is 16.3 Å². The first kappa shape index (κ1) is 19.8. The lowest BCUT2D eigenvalue weighted by Gasteiger charge is -2.29. The Bertz CT molecular complexity index is 1110. The maximum atomic E-state index is 13.0. The van der Waals surface area contributed by atoms with Gasteiger partial charge in [-0.15, -0.1) is 11.3 Å². The molecule has 0 bridgehead atoms. The van der Waals surface area contributed by atoms with Crippen molar-refractivity contribution < 1.29 is 14.6 Å². The van der Waals surface area contributed by atoms with Crippen LogP contribution in [0.25, 0.3) is 21.3 Å². The number of fused-ring (bicyclic) bond motifs is 2. The molecule has 1 saturated heterocycles. The van der Waals surface area contributed by atoms with Gasteiger partial charge in [0.2, 0.25) is 0 Å². The highest BCUT2D eigenvalue weighted by Crippen LogP contribution is 2.44. The van der Waals surface area contributed by atoms with Crippen LogP contribution in [-0.2, 0) is 17.6 Å². The lowest BCUT2D eigenvalue weighted by Crippen LogP contribution is -2.50. The number of rotatable bonds is 4. The number of carbonyl (C=O) groups excluding carboxylic acids is 1. The maximum Gasteiger partial charge on any atom is 0.264 e. The summed E-state index contributed by atoms with van der Waals surface area (Å²) in [5, 5.41) is 13.2. The van der Waals surface area contributed by atoms with Gasteiger partial charge in [0, 0.05) is 78.4 Å². The number of carbonyl (C=O) groups is 1. The number of ether oxygens (including phenoxy) is 1. The van der Waals surface area contributed by atoms with Gasteiger partial charge in [0.15, 0.2) is 6.10 Å². The van der Waals surface area contributed by atoms with E-state index in [1.54, 1.807) is 17.5 Å². The van der Waals surface area contributed by atoms with Crippen molar-refractivity contribution in [3.8, 4) is 16.9 Å². The molecule has 1 atom stereocenters. The second-order valence-corrected chi connectivity index (χ2v) is 9.16. The van der Waals surface area contributed by atoms with Crippen LogP contribution in [0.4, 0.5) is 0 Å². The van der Waals surface area contributed by atoms with Gasteiger partial charge in [0.05, 0.1) is 10.2 Å². The zero-order valence-corrected chi connectivity index (χ0v) is 17.9. The largest absolute Gasteiger partial charge is 0.479 e. The Labute approximate surface area is 183 Å². The van der Waals surface area contributed by atoms with Gasteiger partial charge >= 0.3 is 0 Å². The van der Waals surface area contributed by atoms with Crippen LogP contribution in [0.5, 0.6) is 5.75 Å². The highest BCUT2D eigenvalue weighted by molar-refractivity contribution is 7.19. The Balaban J connectivity index is 1.52. The lowest BCUT2D eigenvalue weighted by molar-refractivity contribution is -0.138. The molecule has 0 spiro atoms. The minimum atomic E-state index is -0.513. The van der Waals surface area contributed by atoms with E-state index in [1.165, 1.54) is 0 Å². The van der Waals surface area contributed by atoms with E-state index in [2.05, 4.69) is 10.3 Å². The predicted molar refractivity (Wildman–Crippen MR) is 118 cm³/mol. The van der Waals surface area contributed by atoms with Crippen LogP contribution in [-0.4, -0.2) is 59.8 Å². The van der Waals surface area contributed by atoms with Crippen LogP contribution >= 0.6 is 22.9 Å². The predicted octanol–water partition coefficient (Wildman–Crippen LogP) is 2.89. The van der Waals surface area contributed by atoms with Gasteiger partial charge in [-0.1, -0.05) is 11.6 Å². The number of thiophene rings is 1. The highest BCUT2D eigenvalue weighted by Gasteiger charge is 2.35. The van der Waals surface area contributed by atoms with Crippen molar-refractivity contribution in [2.75, 3.05) is 32.8 Å². The number of aromatic nitrogens is 1. The zero-order chi connectivity index (χ0) is 20.7. The Hall–Kier alpha value is -2.19. The van der Waals surface area contributed by atoms with Crippen molar-refractivity contribution in [2.45, 2.75) is 18.9 Å². The summed E-state index contributed by atoms with van der Waals surface area (Å²) in [6.45, 7) is 3.14. The van der Waals surface area contributed by atoms with E-state index >= 15 is 0 Å². The fourth-order valence-corrected chi connectivity index (χ4v) is 5.56. The molecule has 2 aliphatic rings. The molecule has 1 aromatic carbocycles. The minimum absolute atomic E-state index is 0.0380. The third-order valence-electron chi connectivity index (χ3n) is 5.61. The second-order valence-electron chi connectivity index (χ2n) is 7.59. The number of aliphatic hydroxyl groups excluding tert-OH is 1. The minimum Gasteiger partial charge on any atom is -0.479 e. The van der Waals surface area contributed by atoms with Gasteiger partial charge < -0.3 is 20.1 Å². The number of hydrogen-bond acceptors (Lipinski definition) is 6. The number of halogens is 1. The van der Waals surface area contributed by atoms with E-state index in [1.807, 2.05) is 29.2 Å². The number of nitrogens with one attached hydrogen (secondary N) is 1. The number of pyridine rings is 1. The van der Waals surface area contributed by atoms with Crippen molar-refractivity contribution in [2.24, 2.45) is 0 Å². The van der Waals surface area contributed by atoms with Crippen molar-refractivity contribution in [1.82, 2.24) is 15.2 Å². The van der Waals surface area contributed by atoms with Gasteiger partial charge in [-0.05, 0) is 24.3 Å². The summed E-state index contributed by atoms with van der Waals surface area (Å²) in [6.07, 6.45) is 2.39. The highest BCUT2D eigenvalue weighted by atomic mass is 35.5. The van der Waals surface area contributed by atoms with Gasteiger partial charge in [-0.25, -0.2) is 0 Å². The first-order chi connectivity index (χ1) is 14.6. The summed E-state index contributed by atoms with van der Waals surface area (Å²) < 4.78 is 7.27. The SMILES string of the molecule is O=C(C1Cc2cc(Cl)cc(-c3ccnc4cc(CCO)sc34)c2O1)N1CCNCC1. The summed E-state index contributed by atoms with van der Waals surface area (Å²) in [5.74, 6) is 0.772. The summed E-state index contributed by atoms with van der Waals surface area (Å²) in [7, 11) is 0. The fourth-order valence-electron chi connectivity index (χ4n) is 4.18. The number of benzene rings is 1. The van der Waals surface area contributed by atoms with Crippen molar-refractivity contribution in [1.29, 1.82) is 0 Å². The molecule has 4 heterocycles. The normalized spacial score (nSPS) is 18.5. The molecule has 1 fully saturated rings. The molecule has 1 amide bonds. The molecular formula is C22H22ClN3O3S. The van der Waals surface area contributed by atoms with Crippen LogP contribution in [0.2, 0.25) is 5.02 Å². The molecule has 0 aliphatic carbocycles. The van der Waals surface area contributed by atoms with Gasteiger partial charge in [0.1, 0.15) is 5.75 Å². The first-order valence-corrected chi connectivity index (χ1v) is 11.3. The quantitative estimate of drug-likeness (QED) is 0.648. The smallest absolute Gasteiger partial charge is 0.264 e. The number of amides is 1. The Kier molecular flexibility index (Phi) is 5.37.